The van der Waals surface area contributed by atoms with Crippen molar-refractivity contribution in [2.45, 2.75) is 83.7 Å². The van der Waals surface area contributed by atoms with Crippen molar-refractivity contribution in [1.82, 2.24) is 30.6 Å². The van der Waals surface area contributed by atoms with Gasteiger partial charge in [0.05, 0.1) is 17.9 Å². The zero-order chi connectivity index (χ0) is 25.7. The fraction of sp³-hybridized carbons (Fsp3) is 0.500. The molecule has 1 atom stereocenters. The highest BCUT2D eigenvalue weighted by Crippen LogP contribution is 2.34. The summed E-state index contributed by atoms with van der Waals surface area (Å²) in [7, 11) is 0. The Morgan fingerprint density at radius 1 is 1.17 bits per heavy atom. The highest BCUT2D eigenvalue weighted by Gasteiger charge is 2.38. The molecule has 192 valence electrons. The van der Waals surface area contributed by atoms with Crippen molar-refractivity contribution < 1.29 is 18.5 Å². The summed E-state index contributed by atoms with van der Waals surface area (Å²) in [4.78, 5) is 29.1. The van der Waals surface area contributed by atoms with Crippen LogP contribution in [0, 0.1) is 12.7 Å². The Bertz CT molecular complexity index is 1190. The molecule has 1 unspecified atom stereocenters. The van der Waals surface area contributed by atoms with Crippen LogP contribution in [0.5, 0.6) is 0 Å². The molecule has 0 spiro atoms. The molecule has 1 aromatic carbocycles. The number of rotatable bonds is 8. The second-order valence-corrected chi connectivity index (χ2v) is 9.55. The summed E-state index contributed by atoms with van der Waals surface area (Å²) in [5.41, 5.74) is 1.88. The molecule has 4 rings (SSSR count). The number of hydrogen-bond acceptors (Lipinski definition) is 6. The minimum atomic E-state index is -0.608. The van der Waals surface area contributed by atoms with E-state index in [1.54, 1.807) is 23.0 Å². The van der Waals surface area contributed by atoms with Gasteiger partial charge >= 0.3 is 0 Å². The van der Waals surface area contributed by atoms with Gasteiger partial charge in [-0.3, -0.25) is 9.59 Å². The Balaban J connectivity index is 1.36. The third-order valence-corrected chi connectivity index (χ3v) is 6.80. The first kappa shape index (κ1) is 25.5. The number of carbonyl (C=O) groups is 2. The molecule has 3 aromatic rings. The van der Waals surface area contributed by atoms with Crippen molar-refractivity contribution in [2.75, 3.05) is 0 Å². The van der Waals surface area contributed by atoms with E-state index in [2.05, 4.69) is 25.9 Å². The van der Waals surface area contributed by atoms with Gasteiger partial charge in [0.1, 0.15) is 11.4 Å². The van der Waals surface area contributed by atoms with Gasteiger partial charge in [-0.25, -0.2) is 9.07 Å². The average Bonchev–Trinajstić information content (AvgIpc) is 3.40. The molecule has 2 amide bonds. The van der Waals surface area contributed by atoms with Gasteiger partial charge in [0.2, 0.25) is 17.7 Å². The number of aromatic nitrogens is 4. The summed E-state index contributed by atoms with van der Waals surface area (Å²) in [5, 5.41) is 14.6. The topological polar surface area (TPSA) is 115 Å². The molecule has 2 N–H and O–H groups in total. The number of nitrogens with one attached hydrogen (secondary N) is 2. The number of nitrogens with zero attached hydrogens (tertiary/aromatic N) is 4. The van der Waals surface area contributed by atoms with Crippen LogP contribution in [0.25, 0.3) is 5.69 Å². The second-order valence-electron chi connectivity index (χ2n) is 9.55. The second kappa shape index (κ2) is 11.0. The van der Waals surface area contributed by atoms with Crippen LogP contribution in [0.15, 0.2) is 35.0 Å². The lowest BCUT2D eigenvalue weighted by Gasteiger charge is -2.30. The monoisotopic (exact) mass is 496 g/mol. The van der Waals surface area contributed by atoms with Gasteiger partial charge in [-0.2, -0.15) is 10.1 Å². The van der Waals surface area contributed by atoms with Crippen LogP contribution in [0.4, 0.5) is 4.39 Å². The van der Waals surface area contributed by atoms with Crippen LogP contribution >= 0.6 is 0 Å². The zero-order valence-corrected chi connectivity index (χ0v) is 21.0. The minimum Gasteiger partial charge on any atom is -0.349 e. The molecule has 1 saturated carbocycles. The van der Waals surface area contributed by atoms with Crippen molar-refractivity contribution in [3.63, 3.8) is 0 Å². The molecule has 2 heterocycles. The fourth-order valence-corrected chi connectivity index (χ4v) is 4.93. The van der Waals surface area contributed by atoms with Gasteiger partial charge in [-0.05, 0) is 51.0 Å². The van der Waals surface area contributed by atoms with Crippen molar-refractivity contribution >= 4 is 11.8 Å². The number of carbonyl (C=O) groups excluding carboxylic acids is 2. The molecule has 9 nitrogen and oxygen atoms in total. The Kier molecular flexibility index (Phi) is 7.81. The predicted octanol–water partition coefficient (Wildman–Crippen LogP) is 4.20. The third kappa shape index (κ3) is 5.80. The van der Waals surface area contributed by atoms with Gasteiger partial charge in [0.25, 0.3) is 0 Å². The van der Waals surface area contributed by atoms with Crippen molar-refractivity contribution in [1.29, 1.82) is 0 Å². The zero-order valence-electron chi connectivity index (χ0n) is 21.0. The van der Waals surface area contributed by atoms with E-state index in [1.807, 2.05) is 13.8 Å². The lowest BCUT2D eigenvalue weighted by Crippen LogP contribution is -2.45. The molecule has 0 bridgehead atoms. The van der Waals surface area contributed by atoms with Gasteiger partial charge in [0, 0.05) is 31.0 Å². The largest absolute Gasteiger partial charge is 0.349 e. The van der Waals surface area contributed by atoms with Gasteiger partial charge < -0.3 is 15.2 Å². The lowest BCUT2D eigenvalue weighted by molar-refractivity contribution is -0.122. The van der Waals surface area contributed by atoms with Crippen LogP contribution < -0.4 is 10.6 Å². The molecule has 36 heavy (non-hydrogen) atoms. The van der Waals surface area contributed by atoms with Crippen LogP contribution in [0.2, 0.25) is 0 Å². The van der Waals surface area contributed by atoms with E-state index in [0.29, 0.717) is 18.1 Å². The van der Waals surface area contributed by atoms with E-state index in [4.69, 9.17) is 4.52 Å². The quantitative estimate of drug-likeness (QED) is 0.452. The van der Waals surface area contributed by atoms with Gasteiger partial charge in [-0.1, -0.05) is 30.8 Å². The molecule has 0 aliphatic heterocycles. The maximum atomic E-state index is 13.2. The summed E-state index contributed by atoms with van der Waals surface area (Å²) in [6.45, 7) is 5.31. The SMILES string of the molecule is CC(=O)NC1(c2noc(CCC(=O)NC(C)c3cnn(-c4ccc(F)cc4)c3C)n2)CCCCCC1. The minimum absolute atomic E-state index is 0.116. The van der Waals surface area contributed by atoms with E-state index in [1.165, 1.54) is 19.1 Å². The molecule has 0 saturated heterocycles. The van der Waals surface area contributed by atoms with Crippen LogP contribution in [0.1, 0.15) is 87.8 Å². The van der Waals surface area contributed by atoms with Gasteiger partial charge in [0.15, 0.2) is 5.82 Å². The fourth-order valence-electron chi connectivity index (χ4n) is 4.93. The van der Waals surface area contributed by atoms with Gasteiger partial charge in [-0.15, -0.1) is 0 Å². The average molecular weight is 497 g/mol. The Labute approximate surface area is 209 Å². The van der Waals surface area contributed by atoms with E-state index in [9.17, 15) is 14.0 Å². The standard InChI is InChI=1S/C26H33FN6O3/c1-17(22-16-28-33(18(22)2)21-10-8-20(27)9-11-21)29-23(35)12-13-24-30-25(32-36-24)26(31-19(3)34)14-6-4-5-7-15-26/h8-11,16-17H,4-7,12-15H2,1-3H3,(H,29,35)(H,31,34). The maximum Gasteiger partial charge on any atom is 0.227 e. The predicted molar refractivity (Wildman–Crippen MR) is 131 cm³/mol. The first-order chi connectivity index (χ1) is 17.3. The van der Waals surface area contributed by atoms with Crippen molar-refractivity contribution in [2.24, 2.45) is 0 Å². The Morgan fingerprint density at radius 2 is 1.86 bits per heavy atom. The highest BCUT2D eigenvalue weighted by atomic mass is 19.1. The van der Waals surface area contributed by atoms with Crippen molar-refractivity contribution in [3.05, 3.63) is 59.3 Å². The Morgan fingerprint density at radius 3 is 2.53 bits per heavy atom. The van der Waals surface area contributed by atoms with E-state index < -0.39 is 5.54 Å². The molecular formula is C26H33FN6O3. The molecule has 0 radical (unpaired) electrons. The highest BCUT2D eigenvalue weighted by molar-refractivity contribution is 5.76. The normalized spacial score (nSPS) is 16.2. The molecule has 10 heteroatoms. The first-order valence-corrected chi connectivity index (χ1v) is 12.5. The summed E-state index contributed by atoms with van der Waals surface area (Å²) < 4.78 is 20.4. The van der Waals surface area contributed by atoms with Crippen molar-refractivity contribution in [3.8, 4) is 5.69 Å². The van der Waals surface area contributed by atoms with E-state index >= 15 is 0 Å². The molecule has 1 fully saturated rings. The van der Waals surface area contributed by atoms with Crippen LogP contribution in [-0.2, 0) is 21.5 Å². The molecule has 1 aliphatic rings. The molecule has 2 aromatic heterocycles. The number of aryl methyl sites for hydroxylation is 1. The number of halogens is 1. The third-order valence-electron chi connectivity index (χ3n) is 6.80. The molecular weight excluding hydrogens is 463 g/mol. The lowest BCUT2D eigenvalue weighted by atomic mass is 9.89. The number of benzene rings is 1. The smallest absolute Gasteiger partial charge is 0.227 e. The number of amides is 2. The van der Waals surface area contributed by atoms with E-state index in [0.717, 1.165) is 55.5 Å². The summed E-state index contributed by atoms with van der Waals surface area (Å²) in [5.74, 6) is 0.295. The summed E-state index contributed by atoms with van der Waals surface area (Å²) in [6.07, 6.45) is 7.95. The van der Waals surface area contributed by atoms with Crippen LogP contribution in [-0.4, -0.2) is 31.7 Å². The Hall–Kier alpha value is -3.56. The van der Waals surface area contributed by atoms with E-state index in [-0.39, 0.29) is 30.1 Å². The van der Waals surface area contributed by atoms with Crippen LogP contribution in [0.3, 0.4) is 0 Å². The number of hydrogen-bond donors (Lipinski definition) is 2. The summed E-state index contributed by atoms with van der Waals surface area (Å²) >= 11 is 0. The molecule has 1 aliphatic carbocycles. The summed E-state index contributed by atoms with van der Waals surface area (Å²) in [6, 6.07) is 5.83. The maximum absolute atomic E-state index is 13.2. The first-order valence-electron chi connectivity index (χ1n) is 12.5.